The van der Waals surface area contributed by atoms with E-state index in [1.165, 1.54) is 5.56 Å². The first kappa shape index (κ1) is 19.8. The van der Waals surface area contributed by atoms with Crippen LogP contribution in [-0.2, 0) is 11.3 Å². The Morgan fingerprint density at radius 3 is 2.45 bits per heavy atom. The Morgan fingerprint density at radius 2 is 1.72 bits per heavy atom. The fourth-order valence-electron chi connectivity index (χ4n) is 3.85. The third-order valence-corrected chi connectivity index (χ3v) is 6.03. The SMILES string of the molecule is C[C@@H]1[C@@H](c2ccccc2)Nc2cc(I)ccc2[C@H]1NC(=O)OCc1ccccc1. The van der Waals surface area contributed by atoms with Crippen molar-refractivity contribution < 1.29 is 9.53 Å². The minimum absolute atomic E-state index is 0.0984. The number of alkyl carbamates (subject to hydrolysis) is 1. The van der Waals surface area contributed by atoms with Crippen LogP contribution in [0.25, 0.3) is 0 Å². The van der Waals surface area contributed by atoms with Gasteiger partial charge in [-0.05, 0) is 51.4 Å². The molecule has 0 bridgehead atoms. The fraction of sp³-hybridized carbons (Fsp3) is 0.208. The number of halogens is 1. The first-order chi connectivity index (χ1) is 14.1. The van der Waals surface area contributed by atoms with Gasteiger partial charge in [-0.1, -0.05) is 73.7 Å². The lowest BCUT2D eigenvalue weighted by Crippen LogP contribution is -2.40. The number of carbonyl (C=O) groups excluding carboxylic acids is 1. The summed E-state index contributed by atoms with van der Waals surface area (Å²) >= 11 is 2.31. The lowest BCUT2D eigenvalue weighted by Gasteiger charge is -2.39. The zero-order valence-electron chi connectivity index (χ0n) is 16.1. The molecule has 29 heavy (non-hydrogen) atoms. The van der Waals surface area contributed by atoms with Crippen LogP contribution in [0.3, 0.4) is 0 Å². The van der Waals surface area contributed by atoms with Crippen LogP contribution >= 0.6 is 22.6 Å². The molecule has 0 fully saturated rings. The average Bonchev–Trinajstić information content (AvgIpc) is 2.75. The van der Waals surface area contributed by atoms with Gasteiger partial charge in [-0.2, -0.15) is 0 Å². The molecule has 3 aromatic carbocycles. The molecular weight excluding hydrogens is 475 g/mol. The molecule has 0 saturated heterocycles. The minimum atomic E-state index is -0.399. The van der Waals surface area contributed by atoms with Crippen molar-refractivity contribution in [3.63, 3.8) is 0 Å². The van der Waals surface area contributed by atoms with E-state index < -0.39 is 6.09 Å². The van der Waals surface area contributed by atoms with Crippen LogP contribution in [-0.4, -0.2) is 6.09 Å². The molecular formula is C24H23IN2O2. The first-order valence-electron chi connectivity index (χ1n) is 9.70. The first-order valence-corrected chi connectivity index (χ1v) is 10.8. The number of nitrogens with one attached hydrogen (secondary N) is 2. The summed E-state index contributed by atoms with van der Waals surface area (Å²) in [5, 5.41) is 6.78. The fourth-order valence-corrected chi connectivity index (χ4v) is 4.34. The molecule has 0 unspecified atom stereocenters. The summed E-state index contributed by atoms with van der Waals surface area (Å²) in [6.45, 7) is 2.42. The highest BCUT2D eigenvalue weighted by molar-refractivity contribution is 14.1. The number of anilines is 1. The summed E-state index contributed by atoms with van der Waals surface area (Å²) in [6.07, 6.45) is -0.399. The largest absolute Gasteiger partial charge is 0.445 e. The van der Waals surface area contributed by atoms with Gasteiger partial charge in [0.15, 0.2) is 0 Å². The van der Waals surface area contributed by atoms with Crippen molar-refractivity contribution in [3.8, 4) is 0 Å². The smallest absolute Gasteiger partial charge is 0.407 e. The Balaban J connectivity index is 1.56. The number of rotatable bonds is 4. The van der Waals surface area contributed by atoms with Gasteiger partial charge in [0.2, 0.25) is 0 Å². The van der Waals surface area contributed by atoms with Gasteiger partial charge in [-0.15, -0.1) is 0 Å². The lowest BCUT2D eigenvalue weighted by atomic mass is 9.81. The second kappa shape index (κ2) is 8.86. The van der Waals surface area contributed by atoms with E-state index in [9.17, 15) is 4.79 Å². The minimum Gasteiger partial charge on any atom is -0.445 e. The molecule has 1 heterocycles. The van der Waals surface area contributed by atoms with Crippen LogP contribution in [0.4, 0.5) is 10.5 Å². The van der Waals surface area contributed by atoms with E-state index in [1.54, 1.807) is 0 Å². The normalized spacial score (nSPS) is 20.3. The second-order valence-electron chi connectivity index (χ2n) is 7.31. The molecule has 3 aromatic rings. The molecule has 0 spiro atoms. The topological polar surface area (TPSA) is 50.4 Å². The molecule has 0 aromatic heterocycles. The van der Waals surface area contributed by atoms with Crippen molar-refractivity contribution in [1.29, 1.82) is 0 Å². The van der Waals surface area contributed by atoms with Crippen LogP contribution < -0.4 is 10.6 Å². The average molecular weight is 498 g/mol. The molecule has 0 radical (unpaired) electrons. The van der Waals surface area contributed by atoms with E-state index in [2.05, 4.69) is 70.5 Å². The summed E-state index contributed by atoms with van der Waals surface area (Å²) in [6, 6.07) is 26.3. The Kier molecular flexibility index (Phi) is 6.04. The maximum Gasteiger partial charge on any atom is 0.407 e. The summed E-state index contributed by atoms with van der Waals surface area (Å²) < 4.78 is 6.64. The highest BCUT2D eigenvalue weighted by Crippen LogP contribution is 2.43. The van der Waals surface area contributed by atoms with Gasteiger partial charge in [-0.25, -0.2) is 4.79 Å². The quantitative estimate of drug-likeness (QED) is 0.430. The van der Waals surface area contributed by atoms with Gasteiger partial charge in [0.05, 0.1) is 12.1 Å². The molecule has 1 amide bonds. The van der Waals surface area contributed by atoms with Crippen LogP contribution in [0.5, 0.6) is 0 Å². The molecule has 2 N–H and O–H groups in total. The molecule has 1 aliphatic heterocycles. The van der Waals surface area contributed by atoms with Crippen molar-refractivity contribution in [2.45, 2.75) is 25.6 Å². The van der Waals surface area contributed by atoms with Crippen molar-refractivity contribution in [3.05, 3.63) is 99.1 Å². The molecule has 0 saturated carbocycles. The highest BCUT2D eigenvalue weighted by Gasteiger charge is 2.35. The van der Waals surface area contributed by atoms with E-state index in [-0.39, 0.29) is 24.6 Å². The molecule has 4 nitrogen and oxygen atoms in total. The summed E-state index contributed by atoms with van der Waals surface area (Å²) in [5.74, 6) is 0.147. The third-order valence-electron chi connectivity index (χ3n) is 5.36. The van der Waals surface area contributed by atoms with Gasteiger partial charge in [0, 0.05) is 15.2 Å². The number of benzene rings is 3. The highest BCUT2D eigenvalue weighted by atomic mass is 127. The third kappa shape index (κ3) is 4.56. The van der Waals surface area contributed by atoms with E-state index in [1.807, 2.05) is 48.5 Å². The van der Waals surface area contributed by atoms with Crippen LogP contribution in [0.15, 0.2) is 78.9 Å². The number of ether oxygens (including phenoxy) is 1. The van der Waals surface area contributed by atoms with Crippen LogP contribution in [0.1, 0.15) is 35.7 Å². The van der Waals surface area contributed by atoms with Crippen molar-refractivity contribution in [2.75, 3.05) is 5.32 Å². The van der Waals surface area contributed by atoms with Crippen LogP contribution in [0.2, 0.25) is 0 Å². The van der Waals surface area contributed by atoms with E-state index >= 15 is 0 Å². The Morgan fingerprint density at radius 1 is 1.03 bits per heavy atom. The van der Waals surface area contributed by atoms with Crippen LogP contribution in [0, 0.1) is 9.49 Å². The molecule has 148 valence electrons. The van der Waals surface area contributed by atoms with Crippen molar-refractivity contribution in [1.82, 2.24) is 5.32 Å². The zero-order chi connectivity index (χ0) is 20.2. The Hall–Kier alpha value is -2.54. The van der Waals surface area contributed by atoms with Gasteiger partial charge >= 0.3 is 6.09 Å². The maximum atomic E-state index is 12.6. The number of hydrogen-bond donors (Lipinski definition) is 2. The van der Waals surface area contributed by atoms with Gasteiger partial charge in [-0.3, -0.25) is 0 Å². The van der Waals surface area contributed by atoms with Crippen molar-refractivity contribution in [2.24, 2.45) is 5.92 Å². The van der Waals surface area contributed by atoms with Gasteiger partial charge in [0.1, 0.15) is 6.61 Å². The lowest BCUT2D eigenvalue weighted by molar-refractivity contribution is 0.130. The molecule has 3 atom stereocenters. The number of amides is 1. The van der Waals surface area contributed by atoms with E-state index in [0.29, 0.717) is 0 Å². The van der Waals surface area contributed by atoms with E-state index in [0.717, 1.165) is 20.4 Å². The molecule has 4 rings (SSSR count). The Bertz CT molecular complexity index is 979. The molecule has 1 aliphatic rings. The summed E-state index contributed by atoms with van der Waals surface area (Å²) in [7, 11) is 0. The number of hydrogen-bond acceptors (Lipinski definition) is 3. The maximum absolute atomic E-state index is 12.6. The number of fused-ring (bicyclic) bond motifs is 1. The summed E-state index contributed by atoms with van der Waals surface area (Å²) in [4.78, 5) is 12.6. The van der Waals surface area contributed by atoms with Crippen molar-refractivity contribution >= 4 is 34.4 Å². The predicted octanol–water partition coefficient (Wildman–Crippen LogP) is 6.06. The monoisotopic (exact) mass is 498 g/mol. The van der Waals surface area contributed by atoms with Gasteiger partial charge in [0.25, 0.3) is 0 Å². The summed E-state index contributed by atoms with van der Waals surface area (Å²) in [5.41, 5.74) is 4.31. The Labute approximate surface area is 184 Å². The van der Waals surface area contributed by atoms with Gasteiger partial charge < -0.3 is 15.4 Å². The molecule has 5 heteroatoms. The van der Waals surface area contributed by atoms with E-state index in [4.69, 9.17) is 4.74 Å². The predicted molar refractivity (Wildman–Crippen MR) is 124 cm³/mol. The standard InChI is InChI=1S/C24H23IN2O2/c1-16-22(18-10-6-3-7-11-18)26-21-14-19(25)12-13-20(21)23(16)27-24(28)29-15-17-8-4-2-5-9-17/h2-14,16,22-23,26H,15H2,1H3,(H,27,28)/t16-,22+,23+/m1/s1. The molecule has 0 aliphatic carbocycles. The number of carbonyl (C=O) groups is 1. The zero-order valence-corrected chi connectivity index (χ0v) is 18.3. The second-order valence-corrected chi connectivity index (χ2v) is 8.55.